The summed E-state index contributed by atoms with van der Waals surface area (Å²) in [7, 11) is 0. The van der Waals surface area contributed by atoms with Crippen LogP contribution in [0.2, 0.25) is 0 Å². The minimum atomic E-state index is -0.519. The van der Waals surface area contributed by atoms with E-state index in [0.717, 1.165) is 0 Å². The van der Waals surface area contributed by atoms with Crippen molar-refractivity contribution in [2.75, 3.05) is 12.4 Å². The largest absolute Gasteiger partial charge is 0.352 e. The van der Waals surface area contributed by atoms with Crippen molar-refractivity contribution in [2.24, 2.45) is 0 Å². The molecule has 0 radical (unpaired) electrons. The van der Waals surface area contributed by atoms with Gasteiger partial charge in [-0.25, -0.2) is 0 Å². The number of nitrogens with one attached hydrogen (secondary N) is 1. The summed E-state index contributed by atoms with van der Waals surface area (Å²) in [5.74, 6) is 0.158. The molecule has 1 amide bonds. The molecule has 0 fully saturated rings. The van der Waals surface area contributed by atoms with Crippen LogP contribution in [0.4, 0.5) is 5.69 Å². The number of amides is 1. The van der Waals surface area contributed by atoms with Gasteiger partial charge in [-0.1, -0.05) is 6.07 Å². The molecule has 1 rings (SSSR count). The smallest absolute Gasteiger partial charge is 0.270 e. The Labute approximate surface area is 104 Å². The number of benzene rings is 1. The number of halogens is 1. The Bertz CT molecular complexity index is 435. The molecule has 0 aliphatic carbocycles. The molecular formula is C11H13ClN2O3. The van der Waals surface area contributed by atoms with E-state index in [1.807, 2.05) is 0 Å². The highest BCUT2D eigenvalue weighted by atomic mass is 35.5. The molecular weight excluding hydrogens is 244 g/mol. The van der Waals surface area contributed by atoms with Gasteiger partial charge in [0, 0.05) is 30.1 Å². The van der Waals surface area contributed by atoms with Gasteiger partial charge < -0.3 is 5.32 Å². The molecule has 1 N–H and O–H groups in total. The summed E-state index contributed by atoms with van der Waals surface area (Å²) in [5, 5.41) is 13.3. The van der Waals surface area contributed by atoms with Crippen molar-refractivity contribution >= 4 is 23.2 Å². The summed E-state index contributed by atoms with van der Waals surface area (Å²) in [5.41, 5.74) is 0.950. The first kappa shape index (κ1) is 13.4. The van der Waals surface area contributed by atoms with Gasteiger partial charge in [0.25, 0.3) is 11.6 Å². The average molecular weight is 257 g/mol. The third kappa shape index (κ3) is 3.71. The van der Waals surface area contributed by atoms with E-state index >= 15 is 0 Å². The third-order valence-corrected chi connectivity index (χ3v) is 2.54. The fraction of sp³-hybridized carbons (Fsp3) is 0.364. The van der Waals surface area contributed by atoms with E-state index in [4.69, 9.17) is 11.6 Å². The van der Waals surface area contributed by atoms with Crippen LogP contribution in [0.25, 0.3) is 0 Å². The van der Waals surface area contributed by atoms with Crippen LogP contribution in [0.1, 0.15) is 22.3 Å². The first-order valence-electron chi connectivity index (χ1n) is 5.15. The average Bonchev–Trinajstić information content (AvgIpc) is 2.29. The molecule has 0 saturated heterocycles. The van der Waals surface area contributed by atoms with Crippen molar-refractivity contribution < 1.29 is 9.72 Å². The summed E-state index contributed by atoms with van der Waals surface area (Å²) in [6, 6.07) is 4.23. The Morgan fingerprint density at radius 3 is 2.82 bits per heavy atom. The number of nitro groups is 1. The van der Waals surface area contributed by atoms with Crippen LogP contribution in [0.5, 0.6) is 0 Å². The maximum absolute atomic E-state index is 11.7. The van der Waals surface area contributed by atoms with Crippen LogP contribution < -0.4 is 5.32 Å². The van der Waals surface area contributed by atoms with Gasteiger partial charge in [-0.3, -0.25) is 14.9 Å². The number of carbonyl (C=O) groups is 1. The highest BCUT2D eigenvalue weighted by Crippen LogP contribution is 2.17. The molecule has 0 unspecified atom stereocenters. The number of nitrogens with zero attached hydrogens (tertiary/aromatic N) is 1. The fourth-order valence-corrected chi connectivity index (χ4v) is 1.47. The quantitative estimate of drug-likeness (QED) is 0.380. The first-order valence-corrected chi connectivity index (χ1v) is 5.69. The van der Waals surface area contributed by atoms with E-state index < -0.39 is 4.92 Å². The number of aryl methyl sites for hydroxylation is 1. The van der Waals surface area contributed by atoms with Crippen molar-refractivity contribution in [2.45, 2.75) is 13.3 Å². The predicted octanol–water partition coefficient (Wildman–Crippen LogP) is 2.26. The summed E-state index contributed by atoms with van der Waals surface area (Å²) < 4.78 is 0. The van der Waals surface area contributed by atoms with Gasteiger partial charge in [0.05, 0.1) is 4.92 Å². The molecule has 0 heterocycles. The number of alkyl halides is 1. The number of non-ortho nitro benzene ring substituents is 1. The Hall–Kier alpha value is -1.62. The van der Waals surface area contributed by atoms with Crippen LogP contribution in [0.3, 0.4) is 0 Å². The molecule has 0 atom stereocenters. The Kier molecular flexibility index (Phi) is 4.90. The first-order chi connectivity index (χ1) is 8.06. The second-order valence-electron chi connectivity index (χ2n) is 3.55. The lowest BCUT2D eigenvalue weighted by molar-refractivity contribution is -0.384. The Balaban J connectivity index is 2.84. The molecule has 92 valence electrons. The van der Waals surface area contributed by atoms with E-state index in [2.05, 4.69) is 5.32 Å². The van der Waals surface area contributed by atoms with Gasteiger partial charge >= 0.3 is 0 Å². The van der Waals surface area contributed by atoms with Crippen molar-refractivity contribution in [1.29, 1.82) is 0 Å². The van der Waals surface area contributed by atoms with Gasteiger partial charge in [-0.05, 0) is 18.9 Å². The fourth-order valence-electron chi connectivity index (χ4n) is 1.33. The van der Waals surface area contributed by atoms with E-state index in [1.54, 1.807) is 13.0 Å². The van der Waals surface area contributed by atoms with Gasteiger partial charge in [-0.15, -0.1) is 11.6 Å². The third-order valence-electron chi connectivity index (χ3n) is 2.27. The molecule has 0 bridgehead atoms. The summed E-state index contributed by atoms with van der Waals surface area (Å²) >= 11 is 5.49. The van der Waals surface area contributed by atoms with Crippen molar-refractivity contribution in [3.05, 3.63) is 39.4 Å². The minimum Gasteiger partial charge on any atom is -0.352 e. The summed E-state index contributed by atoms with van der Waals surface area (Å²) in [6.07, 6.45) is 0.668. The molecule has 17 heavy (non-hydrogen) atoms. The van der Waals surface area contributed by atoms with Gasteiger partial charge in [0.15, 0.2) is 0 Å². The molecule has 0 saturated carbocycles. The molecule has 1 aromatic rings. The van der Waals surface area contributed by atoms with E-state index in [9.17, 15) is 14.9 Å². The molecule has 0 spiro atoms. The lowest BCUT2D eigenvalue weighted by Gasteiger charge is -2.06. The minimum absolute atomic E-state index is 0.0851. The van der Waals surface area contributed by atoms with Crippen molar-refractivity contribution in [3.63, 3.8) is 0 Å². The van der Waals surface area contributed by atoms with Crippen LogP contribution in [-0.4, -0.2) is 23.3 Å². The summed E-state index contributed by atoms with van der Waals surface area (Å²) in [4.78, 5) is 21.8. The maximum atomic E-state index is 11.7. The monoisotopic (exact) mass is 256 g/mol. The van der Waals surface area contributed by atoms with Gasteiger partial charge in [0.1, 0.15) is 0 Å². The lowest BCUT2D eigenvalue weighted by Crippen LogP contribution is -2.25. The number of hydrogen-bond donors (Lipinski definition) is 1. The van der Waals surface area contributed by atoms with Crippen LogP contribution >= 0.6 is 11.6 Å². The number of carbonyl (C=O) groups excluding carboxylic acids is 1. The maximum Gasteiger partial charge on any atom is 0.270 e. The van der Waals surface area contributed by atoms with Crippen LogP contribution in [0.15, 0.2) is 18.2 Å². The molecule has 5 nitrogen and oxygen atoms in total. The molecule has 6 heteroatoms. The zero-order valence-electron chi connectivity index (χ0n) is 9.40. The number of nitro benzene ring substituents is 1. The highest BCUT2D eigenvalue weighted by Gasteiger charge is 2.13. The van der Waals surface area contributed by atoms with Crippen LogP contribution in [0, 0.1) is 17.0 Å². The molecule has 1 aromatic carbocycles. The standard InChI is InChI=1S/C11H13ClN2O3/c1-8-3-4-9(14(16)17)7-10(8)11(15)13-6-2-5-12/h3-4,7H,2,5-6H2,1H3,(H,13,15). The SMILES string of the molecule is Cc1ccc([N+](=O)[O-])cc1C(=O)NCCCCl. The molecule has 0 aromatic heterocycles. The van der Waals surface area contributed by atoms with E-state index in [-0.39, 0.29) is 11.6 Å². The highest BCUT2D eigenvalue weighted by molar-refractivity contribution is 6.17. The zero-order chi connectivity index (χ0) is 12.8. The predicted molar refractivity (Wildman–Crippen MR) is 65.5 cm³/mol. The van der Waals surface area contributed by atoms with Crippen LogP contribution in [-0.2, 0) is 0 Å². The van der Waals surface area contributed by atoms with Gasteiger partial charge in [0.2, 0.25) is 0 Å². The Morgan fingerprint density at radius 1 is 1.53 bits per heavy atom. The number of rotatable bonds is 5. The topological polar surface area (TPSA) is 72.2 Å². The van der Waals surface area contributed by atoms with Gasteiger partial charge in [-0.2, -0.15) is 0 Å². The van der Waals surface area contributed by atoms with E-state index in [1.165, 1.54) is 12.1 Å². The molecule has 0 aliphatic heterocycles. The number of hydrogen-bond acceptors (Lipinski definition) is 3. The second-order valence-corrected chi connectivity index (χ2v) is 3.93. The van der Waals surface area contributed by atoms with E-state index in [0.29, 0.717) is 30.0 Å². The normalized spacial score (nSPS) is 10.0. The zero-order valence-corrected chi connectivity index (χ0v) is 10.2. The second kappa shape index (κ2) is 6.20. The lowest BCUT2D eigenvalue weighted by atomic mass is 10.1. The van der Waals surface area contributed by atoms with Crippen molar-refractivity contribution in [1.82, 2.24) is 5.32 Å². The van der Waals surface area contributed by atoms with Crippen molar-refractivity contribution in [3.8, 4) is 0 Å². The Morgan fingerprint density at radius 2 is 2.24 bits per heavy atom. The molecule has 0 aliphatic rings. The summed E-state index contributed by atoms with van der Waals surface area (Å²) in [6.45, 7) is 2.20.